The van der Waals surface area contributed by atoms with Crippen LogP contribution in [-0.2, 0) is 42.4 Å². The standard InChI is InChI=1S/C17H18ClN3O5S2.C17H18ClN3O3S2/c1-3-10-8-15(28(25,26)13-7-5-4-6-12(13)18)14(27(2,23)24)9-11(10)16(22)21-17(19)20;1-3-10-8-14(25-13-7-5-4-6-12(13)18)15(26(2,23)24)9-11(10)16(22)21-17(19)20/h4-9H,3H2,1-2H3,(H4,19,20,21,22);4-9H,3H2,1-2H3,(H4,19,20,21,22). The van der Waals surface area contributed by atoms with Gasteiger partial charge in [-0.25, -0.2) is 25.3 Å². The molecule has 8 N–H and O–H groups in total. The van der Waals surface area contributed by atoms with Gasteiger partial charge in [-0.2, -0.15) is 9.98 Å². The van der Waals surface area contributed by atoms with Crippen molar-refractivity contribution in [2.24, 2.45) is 32.9 Å². The van der Waals surface area contributed by atoms with E-state index >= 15 is 0 Å². The molecular weight excluding hydrogens is 820 g/mol. The third-order valence-corrected chi connectivity index (χ3v) is 13.7. The number of amides is 2. The predicted octanol–water partition coefficient (Wildman–Crippen LogP) is 4.42. The van der Waals surface area contributed by atoms with Crippen molar-refractivity contribution in [1.82, 2.24) is 0 Å². The van der Waals surface area contributed by atoms with Crippen molar-refractivity contribution in [3.63, 3.8) is 0 Å². The fourth-order valence-corrected chi connectivity index (χ4v) is 10.8. The Balaban J connectivity index is 0.000000291. The molecule has 0 saturated heterocycles. The number of nitrogens with two attached hydrogens (primary N) is 4. The molecule has 288 valence electrons. The number of carbonyl (C=O) groups is 2. The number of carbonyl (C=O) groups excluding carboxylic acids is 2. The van der Waals surface area contributed by atoms with Crippen molar-refractivity contribution < 1.29 is 34.8 Å². The molecule has 0 unspecified atom stereocenters. The minimum atomic E-state index is -4.29. The van der Waals surface area contributed by atoms with Gasteiger partial charge in [0.15, 0.2) is 31.6 Å². The number of sulfone groups is 3. The first-order chi connectivity index (χ1) is 25.0. The zero-order valence-electron chi connectivity index (χ0n) is 29.2. The van der Waals surface area contributed by atoms with E-state index in [0.29, 0.717) is 26.8 Å². The van der Waals surface area contributed by atoms with Gasteiger partial charge in [0, 0.05) is 33.4 Å². The zero-order valence-corrected chi connectivity index (χ0v) is 34.0. The Kier molecular flexibility index (Phi) is 14.5. The summed E-state index contributed by atoms with van der Waals surface area (Å²) in [5.41, 5.74) is 21.9. The Hall–Kier alpha value is -4.46. The second-order valence-corrected chi connectivity index (χ2v) is 19.1. The maximum absolute atomic E-state index is 13.1. The monoisotopic (exact) mass is 854 g/mol. The number of hydrogen-bond donors (Lipinski definition) is 4. The molecule has 2 amide bonds. The van der Waals surface area contributed by atoms with Crippen LogP contribution in [0.5, 0.6) is 0 Å². The number of aryl methyl sites for hydroxylation is 2. The third kappa shape index (κ3) is 10.8. The van der Waals surface area contributed by atoms with Crippen LogP contribution >= 0.6 is 35.0 Å². The topological polar surface area (TPSA) is 265 Å². The molecule has 4 rings (SSSR count). The van der Waals surface area contributed by atoms with E-state index in [1.54, 1.807) is 37.3 Å². The smallest absolute Gasteiger partial charge is 0.280 e. The first-order valence-electron chi connectivity index (χ1n) is 15.5. The Morgan fingerprint density at radius 2 is 1.04 bits per heavy atom. The Bertz CT molecular complexity index is 2520. The van der Waals surface area contributed by atoms with Gasteiger partial charge >= 0.3 is 0 Å². The van der Waals surface area contributed by atoms with Crippen LogP contribution in [0.4, 0.5) is 0 Å². The van der Waals surface area contributed by atoms with E-state index < -0.39 is 57.1 Å². The first kappa shape index (κ1) is 43.9. The van der Waals surface area contributed by atoms with Gasteiger partial charge in [0.2, 0.25) is 9.84 Å². The Morgan fingerprint density at radius 1 is 0.593 bits per heavy atom. The summed E-state index contributed by atoms with van der Waals surface area (Å²) in [6.45, 7) is 3.53. The van der Waals surface area contributed by atoms with Gasteiger partial charge in [-0.15, -0.1) is 0 Å². The maximum Gasteiger partial charge on any atom is 0.280 e. The number of aliphatic imine (C=N–C) groups is 2. The highest BCUT2D eigenvalue weighted by Gasteiger charge is 2.30. The van der Waals surface area contributed by atoms with Crippen LogP contribution in [0.1, 0.15) is 45.7 Å². The van der Waals surface area contributed by atoms with Gasteiger partial charge in [0.1, 0.15) is 0 Å². The van der Waals surface area contributed by atoms with Crippen LogP contribution < -0.4 is 22.9 Å². The molecule has 0 atom stereocenters. The summed E-state index contributed by atoms with van der Waals surface area (Å²) in [5.74, 6) is -2.43. The summed E-state index contributed by atoms with van der Waals surface area (Å²) in [6.07, 6.45) is 2.66. The van der Waals surface area contributed by atoms with E-state index in [0.717, 1.165) is 24.6 Å². The van der Waals surface area contributed by atoms with Crippen LogP contribution in [-0.4, -0.2) is 61.5 Å². The van der Waals surface area contributed by atoms with Crippen LogP contribution in [0, 0.1) is 0 Å². The lowest BCUT2D eigenvalue weighted by atomic mass is 10.0. The molecule has 0 heterocycles. The fourth-order valence-electron chi connectivity index (χ4n) is 4.84. The molecular formula is C34H36Cl2N6O8S4. The minimum absolute atomic E-state index is 0.0220. The van der Waals surface area contributed by atoms with Crippen molar-refractivity contribution in [1.29, 1.82) is 0 Å². The molecule has 0 fully saturated rings. The highest BCUT2D eigenvalue weighted by molar-refractivity contribution is 8.00. The van der Waals surface area contributed by atoms with Crippen molar-refractivity contribution in [3.8, 4) is 0 Å². The van der Waals surface area contributed by atoms with E-state index in [-0.39, 0.29) is 43.9 Å². The van der Waals surface area contributed by atoms with Gasteiger partial charge in [-0.05, 0) is 72.5 Å². The first-order valence-corrected chi connectivity index (χ1v) is 22.3. The zero-order chi connectivity index (χ0) is 40.8. The molecule has 0 aliphatic carbocycles. The lowest BCUT2D eigenvalue weighted by molar-refractivity contribution is 0.0993. The average Bonchev–Trinajstić information content (AvgIpc) is 3.07. The molecule has 0 bridgehead atoms. The second-order valence-electron chi connectivity index (χ2n) is 11.3. The molecule has 0 saturated carbocycles. The van der Waals surface area contributed by atoms with Crippen LogP contribution in [0.25, 0.3) is 0 Å². The van der Waals surface area contributed by atoms with Gasteiger partial charge in [0.05, 0.1) is 29.6 Å². The summed E-state index contributed by atoms with van der Waals surface area (Å²) < 4.78 is 75.5. The summed E-state index contributed by atoms with van der Waals surface area (Å²) in [7, 11) is -11.9. The molecule has 4 aromatic rings. The average molecular weight is 856 g/mol. The number of halogens is 2. The van der Waals surface area contributed by atoms with E-state index in [1.165, 1.54) is 36.0 Å². The van der Waals surface area contributed by atoms with Crippen molar-refractivity contribution in [2.45, 2.75) is 56.1 Å². The molecule has 20 heteroatoms. The Morgan fingerprint density at radius 3 is 1.48 bits per heavy atom. The van der Waals surface area contributed by atoms with Crippen LogP contribution in [0.15, 0.2) is 112 Å². The molecule has 0 spiro atoms. The summed E-state index contributed by atoms with van der Waals surface area (Å²) >= 11 is 13.4. The van der Waals surface area contributed by atoms with Gasteiger partial charge in [0.25, 0.3) is 11.8 Å². The summed E-state index contributed by atoms with van der Waals surface area (Å²) in [5, 5.41) is 0.455. The second kappa shape index (κ2) is 17.8. The molecule has 54 heavy (non-hydrogen) atoms. The molecule has 0 aliphatic heterocycles. The summed E-state index contributed by atoms with van der Waals surface area (Å²) in [6, 6.07) is 17.9. The number of nitrogens with zero attached hydrogens (tertiary/aromatic N) is 2. The normalized spacial score (nSPS) is 11.5. The van der Waals surface area contributed by atoms with Gasteiger partial charge in [-0.3, -0.25) is 9.59 Å². The predicted molar refractivity (Wildman–Crippen MR) is 211 cm³/mol. The summed E-state index contributed by atoms with van der Waals surface area (Å²) in [4.78, 5) is 31.4. The fraction of sp³-hybridized carbons (Fsp3) is 0.176. The highest BCUT2D eigenvalue weighted by Crippen LogP contribution is 2.39. The maximum atomic E-state index is 13.1. The molecule has 0 aliphatic rings. The SMILES string of the molecule is CCc1cc(S(=O)(=O)c2ccccc2Cl)c(S(C)(=O)=O)cc1C(=O)N=C(N)N.CCc1cc(Sc2ccccc2Cl)c(S(C)(=O)=O)cc1C(=O)N=C(N)N. The van der Waals surface area contributed by atoms with Crippen molar-refractivity contribution in [2.75, 3.05) is 12.5 Å². The third-order valence-electron chi connectivity index (χ3n) is 7.29. The number of benzene rings is 4. The number of guanidine groups is 2. The van der Waals surface area contributed by atoms with E-state index in [9.17, 15) is 34.8 Å². The molecule has 14 nitrogen and oxygen atoms in total. The van der Waals surface area contributed by atoms with Crippen molar-refractivity contribution in [3.05, 3.63) is 105 Å². The Labute approximate surface area is 327 Å². The lowest BCUT2D eigenvalue weighted by Gasteiger charge is -2.14. The minimum Gasteiger partial charge on any atom is -0.370 e. The molecule has 0 radical (unpaired) electrons. The van der Waals surface area contributed by atoms with Crippen LogP contribution in [0.2, 0.25) is 10.0 Å². The van der Waals surface area contributed by atoms with Gasteiger partial charge in [-0.1, -0.05) is 73.1 Å². The number of hydrogen-bond acceptors (Lipinski definition) is 9. The molecule has 0 aromatic heterocycles. The quantitative estimate of drug-likeness (QED) is 0.127. The largest absolute Gasteiger partial charge is 0.370 e. The van der Waals surface area contributed by atoms with Crippen molar-refractivity contribution >= 4 is 88.2 Å². The van der Waals surface area contributed by atoms with E-state index in [2.05, 4.69) is 9.98 Å². The highest BCUT2D eigenvalue weighted by atomic mass is 35.5. The molecule has 4 aromatic carbocycles. The van der Waals surface area contributed by atoms with Crippen LogP contribution in [0.3, 0.4) is 0 Å². The van der Waals surface area contributed by atoms with E-state index in [4.69, 9.17) is 46.1 Å². The van der Waals surface area contributed by atoms with E-state index in [1.807, 2.05) is 13.0 Å². The number of rotatable bonds is 10. The van der Waals surface area contributed by atoms with Gasteiger partial charge < -0.3 is 22.9 Å². The lowest BCUT2D eigenvalue weighted by Crippen LogP contribution is -2.24.